The number of nitrogens with zero attached hydrogens (tertiary/aromatic N) is 4. The molecular formula is C60H46N4. The molecule has 12 rings (SSSR count). The minimum atomic E-state index is 0.918. The largest absolute Gasteiger partial charge is 0.341 e. The van der Waals surface area contributed by atoms with Gasteiger partial charge >= 0.3 is 0 Å². The second kappa shape index (κ2) is 15.4. The molecule has 0 N–H and O–H groups in total. The predicted octanol–water partition coefficient (Wildman–Crippen LogP) is 16.9. The molecule has 2 heterocycles. The van der Waals surface area contributed by atoms with Crippen molar-refractivity contribution in [2.24, 2.45) is 0 Å². The molecule has 4 heteroatoms. The van der Waals surface area contributed by atoms with E-state index in [0.717, 1.165) is 47.2 Å². The molecule has 0 bridgehead atoms. The zero-order valence-corrected chi connectivity index (χ0v) is 36.0. The van der Waals surface area contributed by atoms with Gasteiger partial charge < -0.3 is 18.9 Å². The first kappa shape index (κ1) is 37.7. The average molecular weight is 823 g/mol. The fourth-order valence-electron chi connectivity index (χ4n) is 10.3. The molecular weight excluding hydrogens is 777 g/mol. The van der Waals surface area contributed by atoms with Gasteiger partial charge in [-0.25, -0.2) is 0 Å². The van der Waals surface area contributed by atoms with E-state index in [4.69, 9.17) is 0 Å². The highest BCUT2D eigenvalue weighted by molar-refractivity contribution is 6.11. The van der Waals surface area contributed by atoms with Crippen molar-refractivity contribution in [2.75, 3.05) is 9.80 Å². The summed E-state index contributed by atoms with van der Waals surface area (Å²) in [5, 5.41) is 9.96. The van der Waals surface area contributed by atoms with Crippen LogP contribution in [0, 0.1) is 0 Å². The third kappa shape index (κ3) is 6.06. The number of anilines is 6. The van der Waals surface area contributed by atoms with Crippen LogP contribution < -0.4 is 9.80 Å². The molecule has 2 aromatic heterocycles. The van der Waals surface area contributed by atoms with Gasteiger partial charge in [0.25, 0.3) is 0 Å². The molecule has 0 aliphatic rings. The number of hydrogen-bond donors (Lipinski definition) is 0. The monoisotopic (exact) mass is 822 g/mol. The molecule has 0 saturated carbocycles. The van der Waals surface area contributed by atoms with Gasteiger partial charge in [-0.1, -0.05) is 133 Å². The van der Waals surface area contributed by atoms with E-state index in [2.05, 4.69) is 251 Å². The van der Waals surface area contributed by atoms with Crippen LogP contribution in [-0.2, 0) is 13.1 Å². The first-order valence-electron chi connectivity index (χ1n) is 22.4. The fourth-order valence-corrected chi connectivity index (χ4v) is 10.3. The van der Waals surface area contributed by atoms with E-state index in [1.54, 1.807) is 0 Å². The van der Waals surface area contributed by atoms with E-state index < -0.39 is 0 Å². The van der Waals surface area contributed by atoms with E-state index in [-0.39, 0.29) is 0 Å². The van der Waals surface area contributed by atoms with Crippen LogP contribution in [0.15, 0.2) is 218 Å². The second-order valence-electron chi connectivity index (χ2n) is 16.7. The van der Waals surface area contributed by atoms with Crippen molar-refractivity contribution in [3.63, 3.8) is 0 Å². The molecule has 0 fully saturated rings. The lowest BCUT2D eigenvalue weighted by atomic mass is 10.0. The molecule has 64 heavy (non-hydrogen) atoms. The first-order chi connectivity index (χ1) is 31.7. The van der Waals surface area contributed by atoms with Crippen LogP contribution in [0.4, 0.5) is 34.1 Å². The van der Waals surface area contributed by atoms with Crippen molar-refractivity contribution in [3.8, 4) is 11.1 Å². The molecule has 0 spiro atoms. The highest BCUT2D eigenvalue weighted by Gasteiger charge is 2.20. The summed E-state index contributed by atoms with van der Waals surface area (Å²) in [5.74, 6) is 0. The Balaban J connectivity index is 0.954. The summed E-state index contributed by atoms with van der Waals surface area (Å²) in [6.07, 6.45) is 0. The second-order valence-corrected chi connectivity index (χ2v) is 16.7. The number of hydrogen-bond acceptors (Lipinski definition) is 2. The van der Waals surface area contributed by atoms with Gasteiger partial charge in [0.2, 0.25) is 0 Å². The lowest BCUT2D eigenvalue weighted by Crippen LogP contribution is -2.10. The number of benzene rings is 10. The topological polar surface area (TPSA) is 16.3 Å². The van der Waals surface area contributed by atoms with Crippen molar-refractivity contribution < 1.29 is 0 Å². The molecule has 0 aliphatic carbocycles. The van der Waals surface area contributed by atoms with Crippen molar-refractivity contribution in [1.29, 1.82) is 0 Å². The summed E-state index contributed by atoms with van der Waals surface area (Å²) in [7, 11) is 0. The molecule has 0 unspecified atom stereocenters. The number of aromatic nitrogens is 2. The zero-order valence-electron chi connectivity index (χ0n) is 36.0. The molecule has 0 atom stereocenters. The summed E-state index contributed by atoms with van der Waals surface area (Å²) in [6.45, 7) is 6.29. The summed E-state index contributed by atoms with van der Waals surface area (Å²) < 4.78 is 4.84. The number of aryl methyl sites for hydroxylation is 2. The van der Waals surface area contributed by atoms with Crippen molar-refractivity contribution in [3.05, 3.63) is 218 Å². The maximum absolute atomic E-state index is 2.42. The van der Waals surface area contributed by atoms with Crippen LogP contribution in [0.5, 0.6) is 0 Å². The summed E-state index contributed by atoms with van der Waals surface area (Å²) in [6, 6.07) is 80.2. The smallest absolute Gasteiger partial charge is 0.0540 e. The van der Waals surface area contributed by atoms with Crippen LogP contribution in [0.1, 0.15) is 13.8 Å². The Labute approximate surface area is 373 Å². The normalized spacial score (nSPS) is 11.7. The molecule has 0 aliphatic heterocycles. The van der Waals surface area contributed by atoms with Gasteiger partial charge in [0.05, 0.1) is 11.4 Å². The summed E-state index contributed by atoms with van der Waals surface area (Å²) in [4.78, 5) is 4.84. The highest BCUT2D eigenvalue weighted by atomic mass is 15.2. The minimum Gasteiger partial charge on any atom is -0.341 e. The van der Waals surface area contributed by atoms with Crippen LogP contribution in [-0.4, -0.2) is 9.13 Å². The van der Waals surface area contributed by atoms with E-state index >= 15 is 0 Å². The van der Waals surface area contributed by atoms with Gasteiger partial charge in [-0.15, -0.1) is 0 Å². The predicted molar refractivity (Wildman–Crippen MR) is 274 cm³/mol. The SMILES string of the molecule is CCn1c2ccccc2c2cc(N(c3ccc(-c4ccc(N(c5ccc6c(c5)c5ccccc5n6CC)c5cccc6ccccc56)cc4)cc3)c3cccc4ccccc34)ccc21. The maximum atomic E-state index is 2.42. The third-order valence-electron chi connectivity index (χ3n) is 13.3. The zero-order chi connectivity index (χ0) is 42.7. The molecule has 10 aromatic carbocycles. The molecule has 0 amide bonds. The van der Waals surface area contributed by atoms with E-state index in [1.165, 1.54) is 76.3 Å². The molecule has 12 aromatic rings. The Bertz CT molecular complexity index is 3450. The standard InChI is InChI=1S/C60H46N4/c1-3-61-55-23-11-9-21-51(55)53-39-47(35-37-57(53)61)63(59-25-13-17-43-15-5-7-19-49(43)59)45-31-27-41(28-32-45)42-29-33-46(34-30-42)64(60-26-14-18-44-16-6-8-20-50(44)60)48-36-38-58-54(40-48)52-22-10-12-24-56(52)62(58)4-2/h5-40H,3-4H2,1-2H3. The highest BCUT2D eigenvalue weighted by Crippen LogP contribution is 2.44. The van der Waals surface area contributed by atoms with Crippen LogP contribution in [0.25, 0.3) is 76.3 Å². The first-order valence-corrected chi connectivity index (χ1v) is 22.4. The lowest BCUT2D eigenvalue weighted by molar-refractivity contribution is 0.827. The maximum Gasteiger partial charge on any atom is 0.0540 e. The van der Waals surface area contributed by atoms with Crippen molar-refractivity contribution in [1.82, 2.24) is 9.13 Å². The Hall–Kier alpha value is -8.08. The van der Waals surface area contributed by atoms with Gasteiger partial charge in [0.1, 0.15) is 0 Å². The van der Waals surface area contributed by atoms with Gasteiger partial charge in [0, 0.05) is 90.2 Å². The quantitative estimate of drug-likeness (QED) is 0.144. The Morgan fingerprint density at radius 1 is 0.297 bits per heavy atom. The van der Waals surface area contributed by atoms with Crippen LogP contribution in [0.2, 0.25) is 0 Å². The van der Waals surface area contributed by atoms with Crippen LogP contribution >= 0.6 is 0 Å². The van der Waals surface area contributed by atoms with Gasteiger partial charge in [-0.2, -0.15) is 0 Å². The summed E-state index contributed by atoms with van der Waals surface area (Å²) in [5.41, 5.74) is 14.2. The Morgan fingerprint density at radius 3 is 1.06 bits per heavy atom. The fraction of sp³-hybridized carbons (Fsp3) is 0.0667. The van der Waals surface area contributed by atoms with Crippen molar-refractivity contribution in [2.45, 2.75) is 26.9 Å². The lowest BCUT2D eigenvalue weighted by Gasteiger charge is -2.28. The van der Waals surface area contributed by atoms with Crippen LogP contribution in [0.3, 0.4) is 0 Å². The molecule has 0 radical (unpaired) electrons. The molecule has 4 nitrogen and oxygen atoms in total. The third-order valence-corrected chi connectivity index (χ3v) is 13.3. The number of para-hydroxylation sites is 2. The van der Waals surface area contributed by atoms with E-state index in [1.807, 2.05) is 0 Å². The van der Waals surface area contributed by atoms with Gasteiger partial charge in [-0.3, -0.25) is 0 Å². The van der Waals surface area contributed by atoms with E-state index in [9.17, 15) is 0 Å². The Kier molecular flexibility index (Phi) is 9.05. The molecule has 306 valence electrons. The average Bonchev–Trinajstić information content (AvgIpc) is 3.86. The number of fused-ring (bicyclic) bond motifs is 8. The minimum absolute atomic E-state index is 0.918. The molecule has 0 saturated heterocycles. The van der Waals surface area contributed by atoms with E-state index in [0.29, 0.717) is 0 Å². The Morgan fingerprint density at radius 2 is 0.641 bits per heavy atom. The van der Waals surface area contributed by atoms with Gasteiger partial charge in [0.15, 0.2) is 0 Å². The van der Waals surface area contributed by atoms with Gasteiger partial charge in [-0.05, 0) is 121 Å². The summed E-state index contributed by atoms with van der Waals surface area (Å²) >= 11 is 0. The number of rotatable bonds is 9. The van der Waals surface area contributed by atoms with Crippen molar-refractivity contribution >= 4 is 99.3 Å².